The predicted molar refractivity (Wildman–Crippen MR) is 205 cm³/mol. The van der Waals surface area contributed by atoms with Crippen molar-refractivity contribution in [1.29, 1.82) is 0 Å². The molecule has 0 aromatic carbocycles. The number of aliphatic carboxylic acids is 1. The highest BCUT2D eigenvalue weighted by molar-refractivity contribution is 7.98. The van der Waals surface area contributed by atoms with E-state index in [1.807, 2.05) is 6.26 Å². The Balaban J connectivity index is 4.30. The molecule has 0 aromatic heterocycles. The zero-order chi connectivity index (χ0) is 34.6. The molecule has 5 nitrogen and oxygen atoms in total. The first-order valence-corrected chi connectivity index (χ1v) is 21.3. The van der Waals surface area contributed by atoms with Gasteiger partial charge in [0, 0.05) is 12.8 Å². The van der Waals surface area contributed by atoms with Gasteiger partial charge < -0.3 is 5.11 Å². The molecule has 0 spiro atoms. The van der Waals surface area contributed by atoms with Gasteiger partial charge in [-0.05, 0) is 82.6 Å². The van der Waals surface area contributed by atoms with E-state index in [2.05, 4.69) is 38.2 Å². The zero-order valence-corrected chi connectivity index (χ0v) is 31.9. The first-order valence-electron chi connectivity index (χ1n) is 19.9. The Morgan fingerprint density at radius 2 is 0.851 bits per heavy atom. The number of unbranched alkanes of at least 4 members (excludes halogenated alkanes) is 22. The maximum absolute atomic E-state index is 13.2. The van der Waals surface area contributed by atoms with Crippen molar-refractivity contribution in [1.82, 2.24) is 4.90 Å². The van der Waals surface area contributed by atoms with Crippen LogP contribution >= 0.6 is 11.8 Å². The molecule has 0 heterocycles. The fraction of sp³-hybridized carbons (Fsp3) is 0.829. The molecule has 0 fully saturated rings. The van der Waals surface area contributed by atoms with Gasteiger partial charge in [-0.25, -0.2) is 4.79 Å². The molecule has 0 saturated carbocycles. The van der Waals surface area contributed by atoms with Crippen molar-refractivity contribution < 1.29 is 19.5 Å². The van der Waals surface area contributed by atoms with E-state index in [1.165, 1.54) is 89.9 Å². The normalized spacial score (nSPS) is 12.3. The molecule has 274 valence electrons. The first-order chi connectivity index (χ1) is 23.0. The van der Waals surface area contributed by atoms with Crippen LogP contribution in [0.1, 0.15) is 200 Å². The topological polar surface area (TPSA) is 74.7 Å². The van der Waals surface area contributed by atoms with Crippen LogP contribution in [-0.4, -0.2) is 45.8 Å². The van der Waals surface area contributed by atoms with Gasteiger partial charge in [-0.1, -0.05) is 141 Å². The van der Waals surface area contributed by atoms with E-state index in [4.69, 9.17) is 0 Å². The van der Waals surface area contributed by atoms with Crippen LogP contribution in [-0.2, 0) is 14.4 Å². The third-order valence-corrected chi connectivity index (χ3v) is 9.68. The highest BCUT2D eigenvalue weighted by Crippen LogP contribution is 2.18. The number of hydrogen-bond donors (Lipinski definition) is 1. The minimum atomic E-state index is -1.07. The molecule has 0 unspecified atom stereocenters. The second-order valence-corrected chi connectivity index (χ2v) is 14.4. The van der Waals surface area contributed by atoms with Crippen molar-refractivity contribution in [3.05, 3.63) is 24.3 Å². The largest absolute Gasteiger partial charge is 0.480 e. The number of carbonyl (C=O) groups excluding carboxylic acids is 2. The van der Waals surface area contributed by atoms with Gasteiger partial charge in [0.2, 0.25) is 11.8 Å². The lowest BCUT2D eigenvalue weighted by Gasteiger charge is -2.27. The molecule has 6 heteroatoms. The van der Waals surface area contributed by atoms with Crippen LogP contribution in [0.25, 0.3) is 0 Å². The highest BCUT2D eigenvalue weighted by atomic mass is 32.2. The summed E-state index contributed by atoms with van der Waals surface area (Å²) in [4.78, 5) is 39.6. The number of carboxylic acids is 1. The quantitative estimate of drug-likeness (QED) is 0.0534. The van der Waals surface area contributed by atoms with Gasteiger partial charge in [-0.3, -0.25) is 14.5 Å². The predicted octanol–water partition coefficient (Wildman–Crippen LogP) is 12.6. The fourth-order valence-electron chi connectivity index (χ4n) is 6.01. The second kappa shape index (κ2) is 35.7. The Morgan fingerprint density at radius 1 is 0.532 bits per heavy atom. The van der Waals surface area contributed by atoms with Crippen molar-refractivity contribution in [3.8, 4) is 0 Å². The Kier molecular flexibility index (Phi) is 34.6. The molecule has 1 N–H and O–H groups in total. The maximum Gasteiger partial charge on any atom is 0.326 e. The van der Waals surface area contributed by atoms with Crippen LogP contribution in [0.2, 0.25) is 0 Å². The van der Waals surface area contributed by atoms with Gasteiger partial charge in [0.25, 0.3) is 0 Å². The monoisotopic (exact) mass is 678 g/mol. The highest BCUT2D eigenvalue weighted by Gasteiger charge is 2.33. The Morgan fingerprint density at radius 3 is 1.17 bits per heavy atom. The molecule has 0 saturated heterocycles. The van der Waals surface area contributed by atoms with E-state index in [0.29, 0.717) is 25.0 Å². The molecule has 0 aliphatic carbocycles. The van der Waals surface area contributed by atoms with Crippen LogP contribution < -0.4 is 0 Å². The number of thioether (sulfide) groups is 1. The average Bonchev–Trinajstić information content (AvgIpc) is 3.06. The summed E-state index contributed by atoms with van der Waals surface area (Å²) >= 11 is 1.54. The third-order valence-electron chi connectivity index (χ3n) is 9.03. The van der Waals surface area contributed by atoms with E-state index >= 15 is 0 Å². The molecular formula is C41H75NO4S. The summed E-state index contributed by atoms with van der Waals surface area (Å²) in [5.74, 6) is -1.09. The number of allylic oxidation sites excluding steroid dienone is 4. The van der Waals surface area contributed by atoms with Crippen LogP contribution in [0.5, 0.6) is 0 Å². The maximum atomic E-state index is 13.2. The van der Waals surface area contributed by atoms with Gasteiger partial charge in [0.1, 0.15) is 6.04 Å². The number of hydrogen-bond acceptors (Lipinski definition) is 4. The molecule has 47 heavy (non-hydrogen) atoms. The van der Waals surface area contributed by atoms with Crippen molar-refractivity contribution in [3.63, 3.8) is 0 Å². The SMILES string of the molecule is CCCCCCCCC=CCCCCCCCC(=O)N(C(=O)CCCCCCCC=CCCCCCCCC)[C@@H](CCSC)C(=O)O. The Labute approximate surface area is 295 Å². The van der Waals surface area contributed by atoms with E-state index in [-0.39, 0.29) is 24.7 Å². The summed E-state index contributed by atoms with van der Waals surface area (Å²) in [6.45, 7) is 4.51. The summed E-state index contributed by atoms with van der Waals surface area (Å²) in [7, 11) is 0. The molecule has 0 bridgehead atoms. The minimum absolute atomic E-state index is 0.249. The van der Waals surface area contributed by atoms with Gasteiger partial charge >= 0.3 is 5.97 Å². The molecular weight excluding hydrogens is 603 g/mol. The van der Waals surface area contributed by atoms with Gasteiger partial charge in [0.15, 0.2) is 0 Å². The van der Waals surface area contributed by atoms with E-state index in [0.717, 1.165) is 69.1 Å². The standard InChI is InChI=1S/C41H75NO4S/c1-4-6-8-10-12-14-16-18-20-22-24-26-28-30-32-34-39(43)42(38(41(45)46)36-37-47-3)40(44)35-33-31-29-27-25-23-21-19-17-15-13-11-9-7-5-2/h18-21,38H,4-17,22-37H2,1-3H3,(H,45,46)/t38-/m0/s1. The van der Waals surface area contributed by atoms with E-state index in [9.17, 15) is 19.5 Å². The molecule has 0 aliphatic heterocycles. The second-order valence-electron chi connectivity index (χ2n) is 13.5. The van der Waals surface area contributed by atoms with Gasteiger partial charge in [-0.2, -0.15) is 11.8 Å². The minimum Gasteiger partial charge on any atom is -0.480 e. The van der Waals surface area contributed by atoms with Gasteiger partial charge in [-0.15, -0.1) is 0 Å². The first kappa shape index (κ1) is 45.4. The lowest BCUT2D eigenvalue weighted by Crippen LogP contribution is -2.49. The number of carbonyl (C=O) groups is 3. The summed E-state index contributed by atoms with van der Waals surface area (Å²) in [5.41, 5.74) is 0. The van der Waals surface area contributed by atoms with Gasteiger partial charge in [0.05, 0.1) is 0 Å². The number of nitrogens with zero attached hydrogens (tertiary/aromatic N) is 1. The van der Waals surface area contributed by atoms with Crippen LogP contribution in [0, 0.1) is 0 Å². The number of amides is 2. The molecule has 0 radical (unpaired) electrons. The number of rotatable bonds is 35. The van der Waals surface area contributed by atoms with Crippen molar-refractivity contribution in [2.75, 3.05) is 12.0 Å². The van der Waals surface area contributed by atoms with E-state index in [1.54, 1.807) is 11.8 Å². The summed E-state index contributed by atoms with van der Waals surface area (Å²) in [5, 5.41) is 9.91. The van der Waals surface area contributed by atoms with Crippen LogP contribution in [0.15, 0.2) is 24.3 Å². The third kappa shape index (κ3) is 29.1. The summed E-state index contributed by atoms with van der Waals surface area (Å²) in [6, 6.07) is -1.06. The molecule has 1 atom stereocenters. The Bertz CT molecular complexity index is 744. The van der Waals surface area contributed by atoms with E-state index < -0.39 is 12.0 Å². The summed E-state index contributed by atoms with van der Waals surface area (Å²) < 4.78 is 0. The fourth-order valence-corrected chi connectivity index (χ4v) is 6.47. The smallest absolute Gasteiger partial charge is 0.326 e. The zero-order valence-electron chi connectivity index (χ0n) is 31.1. The molecule has 0 aromatic rings. The lowest BCUT2D eigenvalue weighted by atomic mass is 10.1. The van der Waals surface area contributed by atoms with Crippen LogP contribution in [0.4, 0.5) is 0 Å². The van der Waals surface area contributed by atoms with Crippen molar-refractivity contribution >= 4 is 29.5 Å². The lowest BCUT2D eigenvalue weighted by molar-refractivity contribution is -0.158. The Hall–Kier alpha value is -1.56. The van der Waals surface area contributed by atoms with Crippen LogP contribution in [0.3, 0.4) is 0 Å². The average molecular weight is 678 g/mol. The number of carboxylic acid groups (broad SMARTS) is 1. The van der Waals surface area contributed by atoms with Crippen molar-refractivity contribution in [2.45, 2.75) is 206 Å². The van der Waals surface area contributed by atoms with Crippen molar-refractivity contribution in [2.24, 2.45) is 0 Å². The molecule has 0 aliphatic rings. The summed E-state index contributed by atoms with van der Waals surface area (Å²) in [6.07, 6.45) is 42.7. The molecule has 0 rings (SSSR count). The number of imide groups is 1. The molecule has 2 amide bonds.